The van der Waals surface area contributed by atoms with Gasteiger partial charge < -0.3 is 0 Å². The van der Waals surface area contributed by atoms with Gasteiger partial charge in [0.15, 0.2) is 0 Å². The molecule has 0 spiro atoms. The van der Waals surface area contributed by atoms with Gasteiger partial charge in [0.2, 0.25) is 0 Å². The van der Waals surface area contributed by atoms with Gasteiger partial charge >= 0.3 is 0 Å². The molecule has 2 aromatic rings. The Kier molecular flexibility index (Phi) is 2.51. The molecule has 0 fully saturated rings. The van der Waals surface area contributed by atoms with Crippen molar-refractivity contribution in [2.45, 2.75) is 6.92 Å². The second kappa shape index (κ2) is 3.98. The van der Waals surface area contributed by atoms with E-state index in [1.807, 2.05) is 36.4 Å². The highest BCUT2D eigenvalue weighted by atomic mass is 14.8. The van der Waals surface area contributed by atoms with Crippen LogP contribution in [-0.2, 0) is 0 Å². The first kappa shape index (κ1) is 9.48. The van der Waals surface area contributed by atoms with Crippen molar-refractivity contribution >= 4 is 0 Å². The molecule has 0 saturated carbocycles. The summed E-state index contributed by atoms with van der Waals surface area (Å²) in [5.74, 6) is 0. The van der Waals surface area contributed by atoms with E-state index in [1.165, 1.54) is 5.56 Å². The highest BCUT2D eigenvalue weighted by molar-refractivity contribution is 5.70. The van der Waals surface area contributed by atoms with Crippen molar-refractivity contribution in [3.8, 4) is 17.2 Å². The number of rotatable bonds is 1. The van der Waals surface area contributed by atoms with Gasteiger partial charge in [0.25, 0.3) is 0 Å². The fourth-order valence-corrected chi connectivity index (χ4v) is 1.57. The Morgan fingerprint density at radius 1 is 0.933 bits per heavy atom. The standard InChI is InChI=1S/C14H11N/c1-11-6-8-12(9-7-11)14-5-3-2-4-13(14)10-15/h2-9H,1H3/i10+2. The van der Waals surface area contributed by atoms with Gasteiger partial charge in [-0.1, -0.05) is 48.0 Å². The van der Waals surface area contributed by atoms with E-state index in [0.717, 1.165) is 16.7 Å². The Morgan fingerprint density at radius 2 is 1.60 bits per heavy atom. The van der Waals surface area contributed by atoms with E-state index in [9.17, 15) is 0 Å². The topological polar surface area (TPSA) is 23.8 Å². The van der Waals surface area contributed by atoms with Crippen LogP contribution in [0.4, 0.5) is 0 Å². The molecule has 0 amide bonds. The van der Waals surface area contributed by atoms with E-state index >= 15 is 0 Å². The predicted molar refractivity (Wildman–Crippen MR) is 61.3 cm³/mol. The molecule has 0 aliphatic rings. The molecule has 0 bridgehead atoms. The van der Waals surface area contributed by atoms with E-state index in [1.54, 1.807) is 0 Å². The Bertz CT molecular complexity index is 504. The van der Waals surface area contributed by atoms with Crippen LogP contribution in [0.2, 0.25) is 0 Å². The molecule has 0 unspecified atom stereocenters. The van der Waals surface area contributed by atoms with Crippen molar-refractivity contribution < 1.29 is 0 Å². The minimum atomic E-state index is 0.723. The van der Waals surface area contributed by atoms with Crippen LogP contribution < -0.4 is 0 Å². The molecule has 0 aliphatic carbocycles. The Hall–Kier alpha value is -2.07. The predicted octanol–water partition coefficient (Wildman–Crippen LogP) is 3.53. The number of hydrogen-bond donors (Lipinski definition) is 0. The van der Waals surface area contributed by atoms with Crippen LogP contribution in [0.15, 0.2) is 48.5 Å². The third kappa shape index (κ3) is 1.89. The Balaban J connectivity index is 2.55. The van der Waals surface area contributed by atoms with E-state index in [2.05, 4.69) is 25.1 Å². The molecule has 1 heteroatoms. The van der Waals surface area contributed by atoms with Gasteiger partial charge in [-0.3, -0.25) is 0 Å². The minimum absolute atomic E-state index is 0.723. The van der Waals surface area contributed by atoms with Crippen molar-refractivity contribution in [3.63, 3.8) is 0 Å². The maximum Gasteiger partial charge on any atom is 0.0998 e. The van der Waals surface area contributed by atoms with E-state index < -0.39 is 0 Å². The third-order valence-electron chi connectivity index (χ3n) is 2.41. The van der Waals surface area contributed by atoms with Gasteiger partial charge in [-0.25, -0.2) is 0 Å². The van der Waals surface area contributed by atoms with Crippen molar-refractivity contribution in [1.82, 2.24) is 0 Å². The van der Waals surface area contributed by atoms with Gasteiger partial charge in [0.1, 0.15) is 0 Å². The number of nitrogens with zero attached hydrogens (tertiary/aromatic N) is 1. The van der Waals surface area contributed by atoms with Crippen LogP contribution in [0.1, 0.15) is 11.1 Å². The summed E-state index contributed by atoms with van der Waals surface area (Å²) >= 11 is 0. The lowest BCUT2D eigenvalue weighted by atomic mass is 10.0. The van der Waals surface area contributed by atoms with Gasteiger partial charge in [0.05, 0.1) is 11.6 Å². The summed E-state index contributed by atoms with van der Waals surface area (Å²) in [5, 5.41) is 8.98. The van der Waals surface area contributed by atoms with Crippen LogP contribution in [0, 0.1) is 18.3 Å². The van der Waals surface area contributed by atoms with Crippen molar-refractivity contribution in [2.75, 3.05) is 0 Å². The molecule has 2 aromatic carbocycles. The number of aryl methyl sites for hydroxylation is 1. The van der Waals surface area contributed by atoms with Gasteiger partial charge in [0, 0.05) is 0 Å². The molecule has 1 nitrogen and oxygen atoms in total. The number of benzene rings is 2. The van der Waals surface area contributed by atoms with E-state index in [-0.39, 0.29) is 0 Å². The zero-order valence-electron chi connectivity index (χ0n) is 8.57. The fourth-order valence-electron chi connectivity index (χ4n) is 1.57. The van der Waals surface area contributed by atoms with Crippen molar-refractivity contribution in [2.24, 2.45) is 0 Å². The first-order valence-electron chi connectivity index (χ1n) is 4.87. The highest BCUT2D eigenvalue weighted by Gasteiger charge is 2.02. The van der Waals surface area contributed by atoms with Crippen LogP contribution in [0.5, 0.6) is 0 Å². The molecule has 2 rings (SSSR count). The first-order valence-corrected chi connectivity index (χ1v) is 4.87. The van der Waals surface area contributed by atoms with Crippen LogP contribution in [-0.4, -0.2) is 0 Å². The highest BCUT2D eigenvalue weighted by Crippen LogP contribution is 2.23. The van der Waals surface area contributed by atoms with Gasteiger partial charge in [-0.15, -0.1) is 0 Å². The summed E-state index contributed by atoms with van der Waals surface area (Å²) in [6.45, 7) is 2.06. The smallest absolute Gasteiger partial charge is 0.0998 e. The summed E-state index contributed by atoms with van der Waals surface area (Å²) in [6.07, 6.45) is 0. The average Bonchev–Trinajstić information content (AvgIpc) is 2.30. The summed E-state index contributed by atoms with van der Waals surface area (Å²) in [6, 6.07) is 18.1. The second-order valence-corrected chi connectivity index (χ2v) is 3.52. The summed E-state index contributed by atoms with van der Waals surface area (Å²) in [7, 11) is 0. The summed E-state index contributed by atoms with van der Waals surface area (Å²) in [5.41, 5.74) is 4.05. The fraction of sp³-hybridized carbons (Fsp3) is 0.0714. The van der Waals surface area contributed by atoms with Gasteiger partial charge in [-0.2, -0.15) is 5.26 Å². The molecule has 15 heavy (non-hydrogen) atoms. The minimum Gasteiger partial charge on any atom is -0.192 e. The molecule has 0 saturated heterocycles. The van der Waals surface area contributed by atoms with Crippen molar-refractivity contribution in [1.29, 1.82) is 5.26 Å². The Labute approximate surface area is 89.6 Å². The number of hydrogen-bond acceptors (Lipinski definition) is 1. The molecule has 0 aromatic heterocycles. The van der Waals surface area contributed by atoms with E-state index in [4.69, 9.17) is 5.26 Å². The SMILES string of the molecule is Cc1ccc(-c2ccccc2[14C]#N)cc1. The number of nitriles is 1. The Morgan fingerprint density at radius 3 is 2.27 bits per heavy atom. The second-order valence-electron chi connectivity index (χ2n) is 3.52. The lowest BCUT2D eigenvalue weighted by Gasteiger charge is -2.03. The van der Waals surface area contributed by atoms with Crippen LogP contribution in [0.25, 0.3) is 11.1 Å². The molecular weight excluding hydrogens is 184 g/mol. The third-order valence-corrected chi connectivity index (χ3v) is 2.41. The summed E-state index contributed by atoms with van der Waals surface area (Å²) in [4.78, 5) is 0. The van der Waals surface area contributed by atoms with Crippen molar-refractivity contribution in [3.05, 3.63) is 59.7 Å². The lowest BCUT2D eigenvalue weighted by Crippen LogP contribution is -1.83. The molecule has 0 heterocycles. The monoisotopic (exact) mass is 195 g/mol. The molecular formula is C14H11N. The largest absolute Gasteiger partial charge is 0.192 e. The molecule has 72 valence electrons. The van der Waals surface area contributed by atoms with Gasteiger partial charge in [-0.05, 0) is 24.1 Å². The zero-order valence-corrected chi connectivity index (χ0v) is 8.57. The molecule has 0 aliphatic heterocycles. The van der Waals surface area contributed by atoms with Crippen LogP contribution >= 0.6 is 0 Å². The quantitative estimate of drug-likeness (QED) is 0.682. The zero-order chi connectivity index (χ0) is 10.7. The summed E-state index contributed by atoms with van der Waals surface area (Å²) < 4.78 is 0. The first-order chi connectivity index (χ1) is 7.31. The molecule has 0 atom stereocenters. The normalized spacial score (nSPS) is 9.60. The van der Waals surface area contributed by atoms with E-state index in [0.29, 0.717) is 0 Å². The molecule has 0 N–H and O–H groups in total. The molecule has 0 radical (unpaired) electrons. The van der Waals surface area contributed by atoms with Crippen LogP contribution in [0.3, 0.4) is 0 Å². The maximum absolute atomic E-state index is 8.98. The maximum atomic E-state index is 8.98. The average molecular weight is 195 g/mol. The lowest BCUT2D eigenvalue weighted by molar-refractivity contribution is 1.45.